The van der Waals surface area contributed by atoms with Crippen LogP contribution in [0.25, 0.3) is 5.69 Å². The number of nitrogens with one attached hydrogen (secondary N) is 2. The molecular formula is C22H28N6O3. The van der Waals surface area contributed by atoms with Gasteiger partial charge in [0.15, 0.2) is 5.82 Å². The fourth-order valence-corrected chi connectivity index (χ4v) is 3.07. The molecule has 2 N–H and O–H groups in total. The monoisotopic (exact) mass is 424 g/mol. The third-order valence-electron chi connectivity index (χ3n) is 5.21. The molecule has 0 aliphatic carbocycles. The van der Waals surface area contributed by atoms with E-state index in [0.29, 0.717) is 29.3 Å². The van der Waals surface area contributed by atoms with Crippen LogP contribution >= 0.6 is 0 Å². The Balaban J connectivity index is 1.69. The maximum Gasteiger partial charge on any atom is 0.341 e. The second kappa shape index (κ2) is 9.55. The summed E-state index contributed by atoms with van der Waals surface area (Å²) < 4.78 is 6.69. The Morgan fingerprint density at radius 3 is 2.55 bits per heavy atom. The van der Waals surface area contributed by atoms with Crippen LogP contribution in [-0.4, -0.2) is 43.4 Å². The van der Waals surface area contributed by atoms with Crippen molar-refractivity contribution in [2.75, 3.05) is 6.61 Å². The number of H-pyrrole nitrogens is 1. The van der Waals surface area contributed by atoms with Crippen LogP contribution < -0.4 is 5.32 Å². The maximum absolute atomic E-state index is 12.6. The summed E-state index contributed by atoms with van der Waals surface area (Å²) in [5, 5.41) is 14.3. The Labute approximate surface area is 181 Å². The third-order valence-corrected chi connectivity index (χ3v) is 5.21. The minimum Gasteiger partial charge on any atom is -0.462 e. The van der Waals surface area contributed by atoms with E-state index in [2.05, 4.69) is 39.4 Å². The van der Waals surface area contributed by atoms with Gasteiger partial charge in [0.25, 0.3) is 5.91 Å². The van der Waals surface area contributed by atoms with Crippen molar-refractivity contribution in [3.63, 3.8) is 0 Å². The quantitative estimate of drug-likeness (QED) is 0.535. The van der Waals surface area contributed by atoms with Crippen LogP contribution in [0, 0.1) is 6.92 Å². The lowest BCUT2D eigenvalue weighted by Gasteiger charge is -2.12. The molecule has 2 heterocycles. The normalized spacial score (nSPS) is 12.9. The van der Waals surface area contributed by atoms with E-state index in [1.807, 2.05) is 6.92 Å². The summed E-state index contributed by atoms with van der Waals surface area (Å²) in [6, 6.07) is 6.69. The Kier molecular flexibility index (Phi) is 6.84. The molecule has 1 aromatic carbocycles. The Hall–Kier alpha value is -3.49. The molecule has 9 nitrogen and oxygen atoms in total. The summed E-state index contributed by atoms with van der Waals surface area (Å²) in [7, 11) is 0. The van der Waals surface area contributed by atoms with Gasteiger partial charge < -0.3 is 10.1 Å². The molecule has 0 bridgehead atoms. The predicted octanol–water partition coefficient (Wildman–Crippen LogP) is 3.48. The van der Waals surface area contributed by atoms with E-state index in [4.69, 9.17) is 4.74 Å². The lowest BCUT2D eigenvalue weighted by atomic mass is 10.1. The molecule has 2 atom stereocenters. The first-order valence-corrected chi connectivity index (χ1v) is 10.4. The minimum atomic E-state index is -0.403. The SMILES string of the molecule is CCOC(=O)c1cnn(-c2ccc(C(=O)N[C@H](C)c3nc([C@H](C)CC)n[nH]3)cc2)c1C. The summed E-state index contributed by atoms with van der Waals surface area (Å²) in [6.07, 6.45) is 2.43. The van der Waals surface area contributed by atoms with Crippen molar-refractivity contribution >= 4 is 11.9 Å². The van der Waals surface area contributed by atoms with Gasteiger partial charge in [0, 0.05) is 11.5 Å². The van der Waals surface area contributed by atoms with Gasteiger partial charge in [-0.1, -0.05) is 13.8 Å². The van der Waals surface area contributed by atoms with Crippen molar-refractivity contribution in [2.45, 2.75) is 53.0 Å². The van der Waals surface area contributed by atoms with Crippen molar-refractivity contribution in [1.29, 1.82) is 0 Å². The first-order valence-electron chi connectivity index (χ1n) is 10.4. The number of amides is 1. The number of benzene rings is 1. The average Bonchev–Trinajstić information content (AvgIpc) is 3.41. The highest BCUT2D eigenvalue weighted by atomic mass is 16.5. The fourth-order valence-electron chi connectivity index (χ4n) is 3.07. The smallest absolute Gasteiger partial charge is 0.341 e. The standard InChI is InChI=1S/C22H28N6O3/c1-6-13(3)19-25-20(27-26-19)14(4)24-21(29)16-8-10-17(11-9-16)28-15(5)18(12-23-28)22(30)31-7-2/h8-14H,6-7H2,1-5H3,(H,24,29)(H,25,26,27)/t13-,14-/m1/s1. The van der Waals surface area contributed by atoms with E-state index in [0.717, 1.165) is 17.9 Å². The highest BCUT2D eigenvalue weighted by molar-refractivity contribution is 5.94. The van der Waals surface area contributed by atoms with E-state index >= 15 is 0 Å². The lowest BCUT2D eigenvalue weighted by molar-refractivity contribution is 0.0525. The third kappa shape index (κ3) is 4.82. The van der Waals surface area contributed by atoms with Crippen LogP contribution in [0.1, 0.15) is 84.1 Å². The largest absolute Gasteiger partial charge is 0.462 e. The van der Waals surface area contributed by atoms with Gasteiger partial charge in [-0.05, 0) is 51.5 Å². The van der Waals surface area contributed by atoms with Gasteiger partial charge in [0.05, 0.1) is 30.2 Å². The number of rotatable bonds is 8. The first kappa shape index (κ1) is 22.2. The molecular weight excluding hydrogens is 396 g/mol. The van der Waals surface area contributed by atoms with Crippen LogP contribution in [-0.2, 0) is 4.74 Å². The second-order valence-corrected chi connectivity index (χ2v) is 7.41. The number of aromatic amines is 1. The van der Waals surface area contributed by atoms with Crippen LogP contribution in [0.4, 0.5) is 0 Å². The molecule has 31 heavy (non-hydrogen) atoms. The van der Waals surface area contributed by atoms with Crippen LogP contribution in [0.2, 0.25) is 0 Å². The fraction of sp³-hybridized carbons (Fsp3) is 0.409. The number of nitrogens with zero attached hydrogens (tertiary/aromatic N) is 4. The van der Waals surface area contributed by atoms with Crippen molar-refractivity contribution in [2.24, 2.45) is 0 Å². The first-order chi connectivity index (χ1) is 14.8. The van der Waals surface area contributed by atoms with Crippen molar-refractivity contribution in [3.8, 4) is 5.69 Å². The highest BCUT2D eigenvalue weighted by Crippen LogP contribution is 2.18. The molecule has 0 saturated carbocycles. The second-order valence-electron chi connectivity index (χ2n) is 7.41. The topological polar surface area (TPSA) is 115 Å². The molecule has 0 saturated heterocycles. The molecule has 1 amide bonds. The van der Waals surface area contributed by atoms with E-state index < -0.39 is 5.97 Å². The average molecular weight is 425 g/mol. The van der Waals surface area contributed by atoms with Gasteiger partial charge in [0.2, 0.25) is 0 Å². The number of esters is 1. The number of carbonyl (C=O) groups is 2. The molecule has 0 radical (unpaired) electrons. The van der Waals surface area contributed by atoms with Gasteiger partial charge >= 0.3 is 5.97 Å². The molecule has 0 spiro atoms. The maximum atomic E-state index is 12.6. The van der Waals surface area contributed by atoms with Gasteiger partial charge in [-0.25, -0.2) is 14.5 Å². The molecule has 0 unspecified atom stereocenters. The number of aromatic nitrogens is 5. The molecule has 0 aliphatic heterocycles. The number of carbonyl (C=O) groups excluding carboxylic acids is 2. The zero-order valence-corrected chi connectivity index (χ0v) is 18.5. The minimum absolute atomic E-state index is 0.218. The number of hydrogen-bond acceptors (Lipinski definition) is 6. The summed E-state index contributed by atoms with van der Waals surface area (Å²) in [4.78, 5) is 29.1. The Morgan fingerprint density at radius 2 is 1.90 bits per heavy atom. The number of hydrogen-bond donors (Lipinski definition) is 2. The molecule has 3 aromatic rings. The molecule has 2 aromatic heterocycles. The zero-order chi connectivity index (χ0) is 22.5. The summed E-state index contributed by atoms with van der Waals surface area (Å²) >= 11 is 0. The van der Waals surface area contributed by atoms with Crippen LogP contribution in [0.3, 0.4) is 0 Å². The molecule has 0 aliphatic rings. The van der Waals surface area contributed by atoms with Crippen molar-refractivity contribution in [1.82, 2.24) is 30.3 Å². The predicted molar refractivity (Wildman–Crippen MR) is 115 cm³/mol. The summed E-state index contributed by atoms with van der Waals surface area (Å²) in [5.74, 6) is 1.01. The Morgan fingerprint density at radius 1 is 1.19 bits per heavy atom. The highest BCUT2D eigenvalue weighted by Gasteiger charge is 2.18. The van der Waals surface area contributed by atoms with E-state index in [-0.39, 0.29) is 17.9 Å². The van der Waals surface area contributed by atoms with Gasteiger partial charge in [-0.3, -0.25) is 9.89 Å². The summed E-state index contributed by atoms with van der Waals surface area (Å²) in [5.41, 5.74) is 2.34. The van der Waals surface area contributed by atoms with E-state index in [1.54, 1.807) is 42.8 Å². The lowest BCUT2D eigenvalue weighted by Crippen LogP contribution is -2.27. The number of ether oxygens (including phenoxy) is 1. The van der Waals surface area contributed by atoms with Crippen molar-refractivity contribution < 1.29 is 14.3 Å². The molecule has 164 valence electrons. The van der Waals surface area contributed by atoms with E-state index in [1.165, 1.54) is 6.20 Å². The van der Waals surface area contributed by atoms with Gasteiger partial charge in [-0.15, -0.1) is 0 Å². The molecule has 3 rings (SSSR count). The zero-order valence-electron chi connectivity index (χ0n) is 18.5. The van der Waals surface area contributed by atoms with Gasteiger partial charge in [0.1, 0.15) is 11.4 Å². The van der Waals surface area contributed by atoms with Crippen molar-refractivity contribution in [3.05, 3.63) is 58.9 Å². The molecule has 9 heteroatoms. The van der Waals surface area contributed by atoms with E-state index in [9.17, 15) is 9.59 Å². The van der Waals surface area contributed by atoms with Crippen LogP contribution in [0.5, 0.6) is 0 Å². The summed E-state index contributed by atoms with van der Waals surface area (Å²) in [6.45, 7) is 9.87. The molecule has 0 fully saturated rings. The van der Waals surface area contributed by atoms with Crippen LogP contribution in [0.15, 0.2) is 30.5 Å². The Bertz CT molecular complexity index is 1050. The van der Waals surface area contributed by atoms with Gasteiger partial charge in [-0.2, -0.15) is 10.2 Å².